The summed E-state index contributed by atoms with van der Waals surface area (Å²) >= 11 is 3.44. The highest BCUT2D eigenvalue weighted by atomic mass is 79.9. The van der Waals surface area contributed by atoms with E-state index < -0.39 is 6.36 Å². The summed E-state index contributed by atoms with van der Waals surface area (Å²) in [6.07, 6.45) is -4.77. The molecule has 0 aliphatic rings. The molecule has 0 saturated carbocycles. The number of anilines is 3. The first-order chi connectivity index (χ1) is 15.1. The summed E-state index contributed by atoms with van der Waals surface area (Å²) in [5.74, 6) is 0.563. The summed E-state index contributed by atoms with van der Waals surface area (Å²) < 4.78 is 42.9. The van der Waals surface area contributed by atoms with Crippen LogP contribution in [0.2, 0.25) is 0 Å². The van der Waals surface area contributed by atoms with Gasteiger partial charge in [0.05, 0.1) is 5.69 Å². The second kappa shape index (κ2) is 10.2. The molecule has 6 nitrogen and oxygen atoms in total. The fourth-order valence-corrected chi connectivity index (χ4v) is 3.36. The third kappa shape index (κ3) is 7.10. The van der Waals surface area contributed by atoms with E-state index in [4.69, 9.17) is 0 Å². The zero-order valence-electron chi connectivity index (χ0n) is 17.8. The molecule has 0 amide bonds. The molecule has 0 saturated heterocycles. The number of halogens is 4. The number of aryl methyl sites for hydroxylation is 1. The van der Waals surface area contributed by atoms with E-state index >= 15 is 0 Å². The molecule has 10 heteroatoms. The number of hydrogen-bond donors (Lipinski definition) is 2. The highest BCUT2D eigenvalue weighted by molar-refractivity contribution is 9.10. The number of nitrogens with zero attached hydrogens (tertiary/aromatic N) is 3. The van der Waals surface area contributed by atoms with Gasteiger partial charge in [-0.2, -0.15) is 4.98 Å². The van der Waals surface area contributed by atoms with Crippen LogP contribution in [0.4, 0.5) is 30.6 Å². The minimum atomic E-state index is -4.77. The standard InChI is InChI=1S/C22H23BrF3N5O/c1-14-11-16(23)7-8-18(14)28-20-13-19(29-21(30-20)27-9-10-31(2)3)15-5-4-6-17(12-15)32-22(24,25)26/h4-8,11-13H,9-10H2,1-3H3,(H2,27,28,29,30). The number of benzene rings is 2. The van der Waals surface area contributed by atoms with E-state index in [-0.39, 0.29) is 5.75 Å². The Hall–Kier alpha value is -2.85. The molecular formula is C22H23BrF3N5O. The summed E-state index contributed by atoms with van der Waals surface area (Å²) in [6.45, 7) is 3.32. The van der Waals surface area contributed by atoms with Gasteiger partial charge in [-0.1, -0.05) is 28.1 Å². The Labute approximate surface area is 193 Å². The first-order valence-corrected chi connectivity index (χ1v) is 10.6. The first-order valence-electron chi connectivity index (χ1n) is 9.76. The summed E-state index contributed by atoms with van der Waals surface area (Å²) in [5.41, 5.74) is 2.78. The van der Waals surface area contributed by atoms with E-state index in [9.17, 15) is 13.2 Å². The lowest BCUT2D eigenvalue weighted by Crippen LogP contribution is -2.21. The molecule has 0 bridgehead atoms. The Bertz CT molecular complexity index is 1080. The van der Waals surface area contributed by atoms with Gasteiger partial charge in [0.15, 0.2) is 0 Å². The largest absolute Gasteiger partial charge is 0.573 e. The quantitative estimate of drug-likeness (QED) is 0.398. The van der Waals surface area contributed by atoms with Crippen molar-refractivity contribution in [3.63, 3.8) is 0 Å². The Morgan fingerprint density at radius 2 is 1.84 bits per heavy atom. The number of nitrogens with one attached hydrogen (secondary N) is 2. The van der Waals surface area contributed by atoms with Crippen LogP contribution in [-0.4, -0.2) is 48.4 Å². The normalized spacial score (nSPS) is 11.5. The van der Waals surface area contributed by atoms with E-state index in [0.717, 1.165) is 22.3 Å². The van der Waals surface area contributed by atoms with E-state index in [2.05, 4.69) is 41.3 Å². The van der Waals surface area contributed by atoms with E-state index in [1.54, 1.807) is 12.1 Å². The van der Waals surface area contributed by atoms with Gasteiger partial charge in [-0.05, 0) is 56.9 Å². The molecule has 170 valence electrons. The second-order valence-electron chi connectivity index (χ2n) is 7.35. The molecule has 0 spiro atoms. The average Bonchev–Trinajstić information content (AvgIpc) is 2.69. The average molecular weight is 510 g/mol. The second-order valence-corrected chi connectivity index (χ2v) is 8.27. The van der Waals surface area contributed by atoms with Crippen molar-refractivity contribution in [2.75, 3.05) is 37.8 Å². The van der Waals surface area contributed by atoms with Crippen LogP contribution in [-0.2, 0) is 0 Å². The van der Waals surface area contributed by atoms with Crippen molar-refractivity contribution in [1.82, 2.24) is 14.9 Å². The fraction of sp³-hybridized carbons (Fsp3) is 0.273. The van der Waals surface area contributed by atoms with Gasteiger partial charge >= 0.3 is 6.36 Å². The highest BCUT2D eigenvalue weighted by Crippen LogP contribution is 2.30. The van der Waals surface area contributed by atoms with Crippen molar-refractivity contribution in [1.29, 1.82) is 0 Å². The van der Waals surface area contributed by atoms with Gasteiger partial charge in [0.25, 0.3) is 0 Å². The molecule has 2 aromatic carbocycles. The third-order valence-electron chi connectivity index (χ3n) is 4.38. The number of alkyl halides is 3. The SMILES string of the molecule is Cc1cc(Br)ccc1Nc1cc(-c2cccc(OC(F)(F)F)c2)nc(NCCN(C)C)n1. The molecule has 0 radical (unpaired) electrons. The molecule has 0 fully saturated rings. The molecule has 0 unspecified atom stereocenters. The maximum absolute atomic E-state index is 12.6. The fourth-order valence-electron chi connectivity index (χ4n) is 2.89. The van der Waals surface area contributed by atoms with Crippen molar-refractivity contribution in [3.8, 4) is 17.0 Å². The van der Waals surface area contributed by atoms with Crippen LogP contribution in [0, 0.1) is 6.92 Å². The molecule has 1 heterocycles. The minimum Gasteiger partial charge on any atom is -0.406 e. The summed E-state index contributed by atoms with van der Waals surface area (Å²) in [5, 5.41) is 6.43. The van der Waals surface area contributed by atoms with Gasteiger partial charge in [-0.15, -0.1) is 13.2 Å². The van der Waals surface area contributed by atoms with Gasteiger partial charge in [0.1, 0.15) is 11.6 Å². The van der Waals surface area contributed by atoms with Crippen molar-refractivity contribution in [3.05, 3.63) is 58.6 Å². The summed E-state index contributed by atoms with van der Waals surface area (Å²) in [4.78, 5) is 11.0. The van der Waals surface area contributed by atoms with Gasteiger partial charge in [-0.3, -0.25) is 0 Å². The number of hydrogen-bond acceptors (Lipinski definition) is 6. The number of ether oxygens (including phenoxy) is 1. The molecule has 1 aromatic heterocycles. The summed E-state index contributed by atoms with van der Waals surface area (Å²) in [7, 11) is 3.91. The lowest BCUT2D eigenvalue weighted by Gasteiger charge is -2.15. The summed E-state index contributed by atoms with van der Waals surface area (Å²) in [6, 6.07) is 13.2. The van der Waals surface area contributed by atoms with Crippen LogP contribution >= 0.6 is 15.9 Å². The van der Waals surface area contributed by atoms with Gasteiger partial charge in [-0.25, -0.2) is 4.98 Å². The number of aromatic nitrogens is 2. The molecular weight excluding hydrogens is 487 g/mol. The number of likely N-dealkylation sites (N-methyl/N-ethyl adjacent to an activating group) is 1. The Morgan fingerprint density at radius 1 is 1.06 bits per heavy atom. The minimum absolute atomic E-state index is 0.311. The Morgan fingerprint density at radius 3 is 2.53 bits per heavy atom. The predicted octanol–water partition coefficient (Wildman–Crippen LogP) is 5.83. The van der Waals surface area contributed by atoms with E-state index in [0.29, 0.717) is 29.6 Å². The van der Waals surface area contributed by atoms with E-state index in [1.165, 1.54) is 18.2 Å². The van der Waals surface area contributed by atoms with Crippen LogP contribution in [0.15, 0.2) is 53.0 Å². The highest BCUT2D eigenvalue weighted by Gasteiger charge is 2.31. The third-order valence-corrected chi connectivity index (χ3v) is 4.88. The number of rotatable bonds is 8. The molecule has 2 N–H and O–H groups in total. The Balaban J connectivity index is 1.95. The van der Waals surface area contributed by atoms with Crippen molar-refractivity contribution in [2.45, 2.75) is 13.3 Å². The lowest BCUT2D eigenvalue weighted by molar-refractivity contribution is -0.274. The topological polar surface area (TPSA) is 62.3 Å². The van der Waals surface area contributed by atoms with Gasteiger partial charge in [0.2, 0.25) is 5.95 Å². The molecule has 0 atom stereocenters. The predicted molar refractivity (Wildman–Crippen MR) is 123 cm³/mol. The van der Waals surface area contributed by atoms with Crippen molar-refractivity contribution in [2.24, 2.45) is 0 Å². The lowest BCUT2D eigenvalue weighted by atomic mass is 10.1. The zero-order valence-corrected chi connectivity index (χ0v) is 19.4. The monoisotopic (exact) mass is 509 g/mol. The molecule has 3 rings (SSSR count). The molecule has 32 heavy (non-hydrogen) atoms. The van der Waals surface area contributed by atoms with Gasteiger partial charge < -0.3 is 20.3 Å². The van der Waals surface area contributed by atoms with Crippen LogP contribution in [0.25, 0.3) is 11.3 Å². The van der Waals surface area contributed by atoms with Gasteiger partial charge in [0, 0.05) is 34.9 Å². The smallest absolute Gasteiger partial charge is 0.406 e. The van der Waals surface area contributed by atoms with Crippen LogP contribution in [0.1, 0.15) is 5.56 Å². The molecule has 0 aliphatic heterocycles. The van der Waals surface area contributed by atoms with Crippen LogP contribution in [0.3, 0.4) is 0 Å². The van der Waals surface area contributed by atoms with E-state index in [1.807, 2.05) is 44.1 Å². The van der Waals surface area contributed by atoms with Crippen LogP contribution < -0.4 is 15.4 Å². The first kappa shape index (κ1) is 23.8. The maximum Gasteiger partial charge on any atom is 0.573 e. The molecule has 0 aliphatic carbocycles. The maximum atomic E-state index is 12.6. The molecule has 3 aromatic rings. The van der Waals surface area contributed by atoms with Crippen LogP contribution in [0.5, 0.6) is 5.75 Å². The zero-order chi connectivity index (χ0) is 23.3. The van der Waals surface area contributed by atoms with Crippen molar-refractivity contribution < 1.29 is 17.9 Å². The van der Waals surface area contributed by atoms with Crippen molar-refractivity contribution >= 4 is 33.4 Å². The Kier molecular flexibility index (Phi) is 7.57.